The van der Waals surface area contributed by atoms with Crippen LogP contribution in [-0.2, 0) is 9.53 Å². The lowest BCUT2D eigenvalue weighted by Crippen LogP contribution is -2.60. The topological polar surface area (TPSA) is 38.3 Å². The summed E-state index contributed by atoms with van der Waals surface area (Å²) in [5, 5.41) is 2.81. The van der Waals surface area contributed by atoms with Crippen molar-refractivity contribution in [2.24, 2.45) is 5.92 Å². The van der Waals surface area contributed by atoms with Gasteiger partial charge < -0.3 is 10.1 Å². The Kier molecular flexibility index (Phi) is 4.75. The Morgan fingerprint density at radius 2 is 2.00 bits per heavy atom. The van der Waals surface area contributed by atoms with Gasteiger partial charge in [0.15, 0.2) is 0 Å². The normalized spacial score (nSPS) is 27.7. The quantitative estimate of drug-likeness (QED) is 0.623. The van der Waals surface area contributed by atoms with Gasteiger partial charge in [0.25, 0.3) is 0 Å². The first-order chi connectivity index (χ1) is 10.3. The van der Waals surface area contributed by atoms with Crippen LogP contribution in [0, 0.1) is 5.92 Å². The second-order valence-electron chi connectivity index (χ2n) is 5.18. The molecule has 0 amide bonds. The zero-order valence-corrected chi connectivity index (χ0v) is 13.8. The average molecular weight is 380 g/mol. The number of hydrogen-bond donors (Lipinski definition) is 1. The van der Waals surface area contributed by atoms with E-state index in [1.54, 1.807) is 38.1 Å². The number of anilines is 1. The molecule has 1 aliphatic heterocycles. The summed E-state index contributed by atoms with van der Waals surface area (Å²) in [7, 11) is 0. The summed E-state index contributed by atoms with van der Waals surface area (Å²) in [6, 6.07) is 6.67. The predicted molar refractivity (Wildman–Crippen MR) is 80.9 cm³/mol. The minimum absolute atomic E-state index is 0.0292. The minimum Gasteiger partial charge on any atom is -0.464 e. The van der Waals surface area contributed by atoms with Crippen LogP contribution in [0.15, 0.2) is 24.3 Å². The third-order valence-corrected chi connectivity index (χ3v) is 5.01. The molecule has 22 heavy (non-hydrogen) atoms. The van der Waals surface area contributed by atoms with Gasteiger partial charge in [-0.1, -0.05) is 41.1 Å². The van der Waals surface area contributed by atoms with E-state index in [0.717, 1.165) is 0 Å². The highest BCUT2D eigenvalue weighted by Gasteiger charge is 2.63. The van der Waals surface area contributed by atoms with Crippen molar-refractivity contribution in [3.8, 4) is 0 Å². The first-order valence-electron chi connectivity index (χ1n) is 7.03. The van der Waals surface area contributed by atoms with Gasteiger partial charge in [-0.2, -0.15) is 13.2 Å². The number of hydrogen-bond acceptors (Lipinski definition) is 3. The van der Waals surface area contributed by atoms with Crippen LogP contribution in [0.3, 0.4) is 0 Å². The zero-order valence-electron chi connectivity index (χ0n) is 12.2. The van der Waals surface area contributed by atoms with Crippen molar-refractivity contribution >= 4 is 27.6 Å². The van der Waals surface area contributed by atoms with E-state index in [1.165, 1.54) is 0 Å². The maximum absolute atomic E-state index is 13.7. The van der Waals surface area contributed by atoms with Gasteiger partial charge in [-0.05, 0) is 25.0 Å². The second kappa shape index (κ2) is 6.10. The van der Waals surface area contributed by atoms with Crippen LogP contribution in [0.25, 0.3) is 0 Å². The van der Waals surface area contributed by atoms with Crippen LogP contribution in [0.4, 0.5) is 18.9 Å². The fourth-order valence-electron chi connectivity index (χ4n) is 2.93. The zero-order chi connectivity index (χ0) is 16.5. The highest BCUT2D eigenvalue weighted by atomic mass is 79.9. The molecule has 3 atom stereocenters. The van der Waals surface area contributed by atoms with Crippen LogP contribution >= 0.6 is 15.9 Å². The molecule has 7 heteroatoms. The highest BCUT2D eigenvalue weighted by molar-refractivity contribution is 9.09. The number of rotatable bonds is 3. The Morgan fingerprint density at radius 3 is 2.55 bits per heavy atom. The Hall–Kier alpha value is -1.24. The number of carbonyl (C=O) groups is 1. The molecule has 0 saturated heterocycles. The Balaban J connectivity index is 2.61. The summed E-state index contributed by atoms with van der Waals surface area (Å²) in [5.41, 5.74) is -0.838. The molecule has 2 unspecified atom stereocenters. The Labute approximate surface area is 135 Å². The molecule has 0 radical (unpaired) electrons. The lowest BCUT2D eigenvalue weighted by atomic mass is 9.74. The molecule has 0 aliphatic carbocycles. The highest BCUT2D eigenvalue weighted by Crippen LogP contribution is 2.54. The molecule has 122 valence electrons. The van der Waals surface area contributed by atoms with Crippen molar-refractivity contribution in [2.45, 2.75) is 36.8 Å². The number of alkyl halides is 4. The van der Waals surface area contributed by atoms with Gasteiger partial charge in [0.2, 0.25) is 0 Å². The van der Waals surface area contributed by atoms with E-state index in [2.05, 4.69) is 21.2 Å². The molecule has 0 bridgehead atoms. The summed E-state index contributed by atoms with van der Waals surface area (Å²) < 4.78 is 46.0. The standard InChI is InChI=1S/C15H17BrF3NO2/c1-3-14(13(21)22-4-2)12(15(17,18)19)11(16)9-7-5-6-8-10(9)20-14/h5-8,11-12,20H,3-4H2,1-2H3/t11?,12?,14-/m1/s1. The monoisotopic (exact) mass is 379 g/mol. The number of para-hydroxylation sites is 1. The van der Waals surface area contributed by atoms with Crippen LogP contribution in [-0.4, -0.2) is 24.3 Å². The third kappa shape index (κ3) is 2.71. The molecule has 1 N–H and O–H groups in total. The fourth-order valence-corrected chi connectivity index (χ4v) is 4.08. The van der Waals surface area contributed by atoms with Crippen molar-refractivity contribution in [2.75, 3.05) is 11.9 Å². The molecule has 0 aromatic heterocycles. The number of esters is 1. The van der Waals surface area contributed by atoms with Gasteiger partial charge in [-0.15, -0.1) is 0 Å². The second-order valence-corrected chi connectivity index (χ2v) is 6.17. The molecule has 1 heterocycles. The van der Waals surface area contributed by atoms with Gasteiger partial charge >= 0.3 is 12.1 Å². The third-order valence-electron chi connectivity index (χ3n) is 3.99. The number of nitrogens with one attached hydrogen (secondary N) is 1. The fraction of sp³-hybridized carbons (Fsp3) is 0.533. The average Bonchev–Trinajstić information content (AvgIpc) is 2.45. The maximum atomic E-state index is 13.7. The van der Waals surface area contributed by atoms with Crippen LogP contribution in [0.5, 0.6) is 0 Å². The predicted octanol–water partition coefficient (Wildman–Crippen LogP) is 4.44. The molecule has 1 aromatic carbocycles. The Bertz CT molecular complexity index is 564. The van der Waals surface area contributed by atoms with Gasteiger partial charge in [-0.25, -0.2) is 4.79 Å². The summed E-state index contributed by atoms with van der Waals surface area (Å²) in [4.78, 5) is 11.3. The molecule has 2 rings (SSSR count). The van der Waals surface area contributed by atoms with E-state index in [4.69, 9.17) is 4.74 Å². The summed E-state index contributed by atoms with van der Waals surface area (Å²) in [6.45, 7) is 3.16. The van der Waals surface area contributed by atoms with Gasteiger partial charge in [-0.3, -0.25) is 0 Å². The van der Waals surface area contributed by atoms with E-state index in [1.807, 2.05) is 0 Å². The van der Waals surface area contributed by atoms with Crippen molar-refractivity contribution < 1.29 is 22.7 Å². The van der Waals surface area contributed by atoms with E-state index < -0.39 is 28.4 Å². The first kappa shape index (κ1) is 17.1. The van der Waals surface area contributed by atoms with Gasteiger partial charge in [0, 0.05) is 5.69 Å². The number of carbonyl (C=O) groups excluding carboxylic acids is 1. The SMILES string of the molecule is CCOC(=O)[C@]1(CC)Nc2ccccc2C(Br)C1C(F)(F)F. The van der Waals surface area contributed by atoms with Crippen molar-refractivity contribution in [1.29, 1.82) is 0 Å². The number of ether oxygens (including phenoxy) is 1. The Morgan fingerprint density at radius 1 is 1.36 bits per heavy atom. The largest absolute Gasteiger partial charge is 0.464 e. The van der Waals surface area contributed by atoms with Crippen LogP contribution in [0.1, 0.15) is 30.7 Å². The van der Waals surface area contributed by atoms with E-state index in [9.17, 15) is 18.0 Å². The van der Waals surface area contributed by atoms with Crippen LogP contribution < -0.4 is 5.32 Å². The van der Waals surface area contributed by atoms with Gasteiger partial charge in [0.1, 0.15) is 11.5 Å². The molecular weight excluding hydrogens is 363 g/mol. The molecule has 3 nitrogen and oxygen atoms in total. The number of fused-ring (bicyclic) bond motifs is 1. The minimum atomic E-state index is -4.56. The summed E-state index contributed by atoms with van der Waals surface area (Å²) in [6.07, 6.45) is -4.59. The van der Waals surface area contributed by atoms with E-state index >= 15 is 0 Å². The van der Waals surface area contributed by atoms with Crippen molar-refractivity contribution in [1.82, 2.24) is 0 Å². The smallest absolute Gasteiger partial charge is 0.396 e. The molecule has 0 spiro atoms. The molecular formula is C15H17BrF3NO2. The van der Waals surface area contributed by atoms with E-state index in [0.29, 0.717) is 11.3 Å². The molecule has 1 aliphatic rings. The summed E-state index contributed by atoms with van der Waals surface area (Å²) >= 11 is 3.16. The summed E-state index contributed by atoms with van der Waals surface area (Å²) in [5.74, 6) is -2.79. The lowest BCUT2D eigenvalue weighted by molar-refractivity contribution is -0.201. The molecule has 1 aromatic rings. The molecule has 0 saturated carbocycles. The van der Waals surface area contributed by atoms with Gasteiger partial charge in [0.05, 0.1) is 11.4 Å². The van der Waals surface area contributed by atoms with Crippen LogP contribution in [0.2, 0.25) is 0 Å². The number of benzene rings is 1. The lowest BCUT2D eigenvalue weighted by Gasteiger charge is -2.46. The number of halogens is 4. The van der Waals surface area contributed by atoms with Crippen molar-refractivity contribution in [3.05, 3.63) is 29.8 Å². The maximum Gasteiger partial charge on any atom is 0.396 e. The van der Waals surface area contributed by atoms with Crippen molar-refractivity contribution in [3.63, 3.8) is 0 Å². The van der Waals surface area contributed by atoms with E-state index in [-0.39, 0.29) is 13.0 Å². The first-order valence-corrected chi connectivity index (χ1v) is 7.94. The molecule has 0 fully saturated rings.